The Bertz CT molecular complexity index is 1690. The first-order valence-electron chi connectivity index (χ1n) is 13.0. The van der Waals surface area contributed by atoms with Crippen molar-refractivity contribution in [2.75, 3.05) is 9.80 Å². The van der Waals surface area contributed by atoms with E-state index in [9.17, 15) is 0 Å². The highest BCUT2D eigenvalue weighted by molar-refractivity contribution is 5.87. The molecule has 7 nitrogen and oxygen atoms in total. The van der Waals surface area contributed by atoms with E-state index in [2.05, 4.69) is 0 Å². The predicted molar refractivity (Wildman–Crippen MR) is 155 cm³/mol. The molecule has 0 aliphatic carbocycles. The van der Waals surface area contributed by atoms with Gasteiger partial charge in [0.25, 0.3) is 0 Å². The van der Waals surface area contributed by atoms with Crippen molar-refractivity contribution in [1.82, 2.24) is 15.0 Å². The van der Waals surface area contributed by atoms with Crippen LogP contribution in [0.25, 0.3) is 11.4 Å². The SMILES string of the molecule is c1ccc(-c2nc(N3c4ccccc4Oc4ccccc43)nc(N3c4ccccc4Oc4ccccc43)n2)cc1. The average molecular weight is 520 g/mol. The first kappa shape index (κ1) is 22.3. The molecule has 190 valence electrons. The molecular weight excluding hydrogens is 498 g/mol. The molecule has 8 rings (SSSR count). The molecule has 1 aromatic heterocycles. The molecule has 0 radical (unpaired) electrons. The van der Waals surface area contributed by atoms with E-state index < -0.39 is 0 Å². The lowest BCUT2D eigenvalue weighted by molar-refractivity contribution is 0.476. The summed E-state index contributed by atoms with van der Waals surface area (Å²) < 4.78 is 12.5. The van der Waals surface area contributed by atoms with Gasteiger partial charge in [0.1, 0.15) is 0 Å². The molecule has 0 fully saturated rings. The van der Waals surface area contributed by atoms with Crippen LogP contribution in [0.5, 0.6) is 23.0 Å². The number of hydrogen-bond donors (Lipinski definition) is 0. The molecule has 3 heterocycles. The Hall–Kier alpha value is -5.69. The van der Waals surface area contributed by atoms with Crippen molar-refractivity contribution in [1.29, 1.82) is 0 Å². The van der Waals surface area contributed by atoms with E-state index in [0.717, 1.165) is 51.3 Å². The Morgan fingerprint density at radius 2 is 0.725 bits per heavy atom. The normalized spacial score (nSPS) is 12.8. The van der Waals surface area contributed by atoms with Crippen LogP contribution >= 0.6 is 0 Å². The maximum absolute atomic E-state index is 6.24. The smallest absolute Gasteiger partial charge is 0.240 e. The standard InChI is InChI=1S/C33H21N5O2/c1-2-12-22(13-3-1)31-34-32(37-23-14-4-8-18-27(23)39-28-19-9-5-15-24(28)37)36-33(35-31)38-25-16-6-10-20-29(25)40-30-21-11-7-17-26(30)38/h1-21H. The average Bonchev–Trinajstić information content (AvgIpc) is 3.02. The molecule has 5 aromatic carbocycles. The van der Waals surface area contributed by atoms with Crippen LogP contribution < -0.4 is 19.3 Å². The quantitative estimate of drug-likeness (QED) is 0.231. The van der Waals surface area contributed by atoms with Crippen LogP contribution in [-0.2, 0) is 0 Å². The summed E-state index contributed by atoms with van der Waals surface area (Å²) in [5, 5.41) is 0. The number of para-hydroxylation sites is 8. The van der Waals surface area contributed by atoms with Crippen LogP contribution in [0.3, 0.4) is 0 Å². The molecule has 2 aliphatic rings. The molecule has 7 heteroatoms. The molecule has 0 unspecified atom stereocenters. The monoisotopic (exact) mass is 519 g/mol. The Kier molecular flexibility index (Phi) is 4.99. The highest BCUT2D eigenvalue weighted by Gasteiger charge is 2.32. The Morgan fingerprint density at radius 3 is 1.12 bits per heavy atom. The van der Waals surface area contributed by atoms with Gasteiger partial charge in [-0.2, -0.15) is 15.0 Å². The summed E-state index contributed by atoms with van der Waals surface area (Å²) in [6.07, 6.45) is 0. The predicted octanol–water partition coefficient (Wildman–Crippen LogP) is 8.69. The van der Waals surface area contributed by atoms with Crippen molar-refractivity contribution < 1.29 is 9.47 Å². The maximum atomic E-state index is 6.24. The molecule has 0 saturated carbocycles. The minimum atomic E-state index is 0.480. The third-order valence-electron chi connectivity index (χ3n) is 6.91. The largest absolute Gasteiger partial charge is 0.453 e. The van der Waals surface area contributed by atoms with Crippen molar-refractivity contribution in [2.24, 2.45) is 0 Å². The van der Waals surface area contributed by atoms with Gasteiger partial charge in [0, 0.05) is 5.56 Å². The fraction of sp³-hybridized carbons (Fsp3) is 0. The van der Waals surface area contributed by atoms with Gasteiger partial charge >= 0.3 is 0 Å². The number of fused-ring (bicyclic) bond motifs is 4. The maximum Gasteiger partial charge on any atom is 0.240 e. The molecule has 6 aromatic rings. The second-order valence-electron chi connectivity index (χ2n) is 9.37. The van der Waals surface area contributed by atoms with Crippen LogP contribution in [0.1, 0.15) is 0 Å². The van der Waals surface area contributed by atoms with Gasteiger partial charge in [0.2, 0.25) is 11.9 Å². The number of rotatable bonds is 3. The van der Waals surface area contributed by atoms with Gasteiger partial charge in [-0.25, -0.2) is 0 Å². The first-order valence-corrected chi connectivity index (χ1v) is 13.0. The van der Waals surface area contributed by atoms with Gasteiger partial charge in [-0.1, -0.05) is 78.9 Å². The minimum Gasteiger partial charge on any atom is -0.453 e. The Morgan fingerprint density at radius 1 is 0.375 bits per heavy atom. The van der Waals surface area contributed by atoms with Gasteiger partial charge in [0.15, 0.2) is 28.8 Å². The van der Waals surface area contributed by atoms with E-state index in [0.29, 0.717) is 17.7 Å². The molecule has 0 amide bonds. The summed E-state index contributed by atoms with van der Waals surface area (Å²) in [4.78, 5) is 19.2. The third-order valence-corrected chi connectivity index (χ3v) is 6.91. The van der Waals surface area contributed by atoms with Crippen molar-refractivity contribution in [2.45, 2.75) is 0 Å². The van der Waals surface area contributed by atoms with E-state index in [1.54, 1.807) is 0 Å². The topological polar surface area (TPSA) is 63.6 Å². The lowest BCUT2D eigenvalue weighted by Gasteiger charge is -2.33. The number of ether oxygens (including phenoxy) is 2. The summed E-state index contributed by atoms with van der Waals surface area (Å²) in [5.74, 6) is 4.43. The van der Waals surface area contributed by atoms with Crippen LogP contribution in [0, 0.1) is 0 Å². The molecule has 0 atom stereocenters. The van der Waals surface area contributed by atoms with Crippen molar-refractivity contribution >= 4 is 34.6 Å². The zero-order chi connectivity index (χ0) is 26.5. The van der Waals surface area contributed by atoms with Crippen molar-refractivity contribution in [3.05, 3.63) is 127 Å². The number of aromatic nitrogens is 3. The summed E-state index contributed by atoms with van der Waals surface area (Å²) in [5.41, 5.74) is 4.28. The van der Waals surface area contributed by atoms with Crippen molar-refractivity contribution in [3.8, 4) is 34.4 Å². The molecule has 0 spiro atoms. The first-order chi connectivity index (χ1) is 19.8. The van der Waals surface area contributed by atoms with E-state index >= 15 is 0 Å². The van der Waals surface area contributed by atoms with E-state index in [-0.39, 0.29) is 0 Å². The summed E-state index contributed by atoms with van der Waals surface area (Å²) in [7, 11) is 0. The van der Waals surface area contributed by atoms with Crippen LogP contribution in [0.15, 0.2) is 127 Å². The van der Waals surface area contributed by atoms with E-state index in [1.165, 1.54) is 0 Å². The van der Waals surface area contributed by atoms with E-state index in [4.69, 9.17) is 24.4 Å². The van der Waals surface area contributed by atoms with E-state index in [1.807, 2.05) is 137 Å². The molecule has 0 N–H and O–H groups in total. The van der Waals surface area contributed by atoms with Gasteiger partial charge in [0.05, 0.1) is 22.7 Å². The lowest BCUT2D eigenvalue weighted by Crippen LogP contribution is -2.22. The van der Waals surface area contributed by atoms with Crippen LogP contribution in [-0.4, -0.2) is 15.0 Å². The number of anilines is 6. The fourth-order valence-corrected chi connectivity index (χ4v) is 5.11. The number of benzene rings is 5. The summed E-state index contributed by atoms with van der Waals surface area (Å²) in [6.45, 7) is 0. The zero-order valence-electron chi connectivity index (χ0n) is 21.2. The van der Waals surface area contributed by atoms with Gasteiger partial charge < -0.3 is 9.47 Å². The van der Waals surface area contributed by atoms with Gasteiger partial charge in [-0.05, 0) is 48.5 Å². The van der Waals surface area contributed by atoms with Crippen LogP contribution in [0.4, 0.5) is 34.6 Å². The fourth-order valence-electron chi connectivity index (χ4n) is 5.11. The van der Waals surface area contributed by atoms with Gasteiger partial charge in [-0.15, -0.1) is 0 Å². The molecule has 40 heavy (non-hydrogen) atoms. The van der Waals surface area contributed by atoms with Crippen LogP contribution in [0.2, 0.25) is 0 Å². The molecule has 0 bridgehead atoms. The summed E-state index contributed by atoms with van der Waals surface area (Å²) in [6, 6.07) is 41.6. The molecular formula is C33H21N5O2. The highest BCUT2D eigenvalue weighted by atomic mass is 16.5. The zero-order valence-corrected chi connectivity index (χ0v) is 21.2. The third kappa shape index (κ3) is 3.56. The Balaban J connectivity index is 1.40. The summed E-state index contributed by atoms with van der Waals surface area (Å²) >= 11 is 0. The second kappa shape index (κ2) is 8.96. The number of hydrogen-bond acceptors (Lipinski definition) is 7. The van der Waals surface area contributed by atoms with Crippen molar-refractivity contribution in [3.63, 3.8) is 0 Å². The van der Waals surface area contributed by atoms with Gasteiger partial charge in [-0.3, -0.25) is 9.80 Å². The lowest BCUT2D eigenvalue weighted by atomic mass is 10.1. The Labute approximate surface area is 230 Å². The highest BCUT2D eigenvalue weighted by Crippen LogP contribution is 2.52. The second-order valence-corrected chi connectivity index (χ2v) is 9.37. The molecule has 2 aliphatic heterocycles. The number of nitrogens with zero attached hydrogens (tertiary/aromatic N) is 5. The minimum absolute atomic E-state index is 0.480. The molecule has 0 saturated heterocycles.